The molecule has 74 valence electrons. The molecule has 0 spiro atoms. The SMILES string of the molecule is CC(C)C(=O)C1Cc2ccccc2C1. The van der Waals surface area contributed by atoms with Gasteiger partial charge in [-0.3, -0.25) is 4.79 Å². The second-order valence-corrected chi connectivity index (χ2v) is 4.43. The minimum Gasteiger partial charge on any atom is -0.299 e. The first-order valence-electron chi connectivity index (χ1n) is 5.29. The third kappa shape index (κ3) is 1.59. The van der Waals surface area contributed by atoms with Crippen molar-refractivity contribution in [3.8, 4) is 0 Å². The summed E-state index contributed by atoms with van der Waals surface area (Å²) in [4.78, 5) is 11.8. The van der Waals surface area contributed by atoms with Gasteiger partial charge in [0.25, 0.3) is 0 Å². The molecule has 0 saturated carbocycles. The Kier molecular flexibility index (Phi) is 2.40. The molecule has 0 fully saturated rings. The van der Waals surface area contributed by atoms with Crippen LogP contribution in [0, 0.1) is 11.8 Å². The smallest absolute Gasteiger partial charge is 0.139 e. The number of hydrogen-bond donors (Lipinski definition) is 0. The maximum Gasteiger partial charge on any atom is 0.139 e. The van der Waals surface area contributed by atoms with Crippen LogP contribution in [0.15, 0.2) is 24.3 Å². The van der Waals surface area contributed by atoms with Crippen molar-refractivity contribution < 1.29 is 4.79 Å². The van der Waals surface area contributed by atoms with Gasteiger partial charge in [0.2, 0.25) is 0 Å². The fraction of sp³-hybridized carbons (Fsp3) is 0.462. The number of hydrogen-bond acceptors (Lipinski definition) is 1. The molecule has 1 aliphatic carbocycles. The molecule has 0 bridgehead atoms. The van der Waals surface area contributed by atoms with Crippen molar-refractivity contribution in [2.45, 2.75) is 26.7 Å². The number of fused-ring (bicyclic) bond motifs is 1. The van der Waals surface area contributed by atoms with Gasteiger partial charge in [-0.05, 0) is 24.0 Å². The van der Waals surface area contributed by atoms with E-state index in [1.807, 2.05) is 13.8 Å². The topological polar surface area (TPSA) is 17.1 Å². The van der Waals surface area contributed by atoms with E-state index in [1.165, 1.54) is 11.1 Å². The van der Waals surface area contributed by atoms with Crippen molar-refractivity contribution in [3.05, 3.63) is 35.4 Å². The van der Waals surface area contributed by atoms with E-state index in [9.17, 15) is 4.79 Å². The van der Waals surface area contributed by atoms with Crippen molar-refractivity contribution >= 4 is 5.78 Å². The van der Waals surface area contributed by atoms with E-state index in [0.717, 1.165) is 12.8 Å². The average molecular weight is 188 g/mol. The van der Waals surface area contributed by atoms with Crippen LogP contribution in [0.4, 0.5) is 0 Å². The van der Waals surface area contributed by atoms with Gasteiger partial charge in [-0.15, -0.1) is 0 Å². The van der Waals surface area contributed by atoms with Gasteiger partial charge >= 0.3 is 0 Å². The molecule has 1 aromatic rings. The van der Waals surface area contributed by atoms with Gasteiger partial charge in [-0.25, -0.2) is 0 Å². The van der Waals surface area contributed by atoms with Crippen LogP contribution in [-0.4, -0.2) is 5.78 Å². The first-order chi connectivity index (χ1) is 6.68. The van der Waals surface area contributed by atoms with E-state index in [0.29, 0.717) is 5.78 Å². The predicted molar refractivity (Wildman–Crippen MR) is 57.2 cm³/mol. The highest BCUT2D eigenvalue weighted by Crippen LogP contribution is 2.28. The van der Waals surface area contributed by atoms with Crippen LogP contribution in [-0.2, 0) is 17.6 Å². The van der Waals surface area contributed by atoms with Crippen molar-refractivity contribution in [2.24, 2.45) is 11.8 Å². The molecule has 0 aliphatic heterocycles. The Balaban J connectivity index is 2.16. The van der Waals surface area contributed by atoms with Gasteiger partial charge < -0.3 is 0 Å². The summed E-state index contributed by atoms with van der Waals surface area (Å²) >= 11 is 0. The van der Waals surface area contributed by atoms with Gasteiger partial charge in [0.15, 0.2) is 0 Å². The maximum absolute atomic E-state index is 11.8. The molecule has 14 heavy (non-hydrogen) atoms. The molecule has 2 rings (SSSR count). The first-order valence-corrected chi connectivity index (χ1v) is 5.29. The summed E-state index contributed by atoms with van der Waals surface area (Å²) < 4.78 is 0. The normalized spacial score (nSPS) is 15.9. The van der Waals surface area contributed by atoms with Crippen LogP contribution >= 0.6 is 0 Å². The number of Topliss-reactive ketones (excluding diaryl/α,β-unsaturated/α-hetero) is 1. The van der Waals surface area contributed by atoms with E-state index in [-0.39, 0.29) is 11.8 Å². The van der Waals surface area contributed by atoms with Crippen molar-refractivity contribution in [1.29, 1.82) is 0 Å². The summed E-state index contributed by atoms with van der Waals surface area (Å²) in [5, 5.41) is 0. The Morgan fingerprint density at radius 2 is 1.71 bits per heavy atom. The standard InChI is InChI=1S/C13H16O/c1-9(2)13(14)12-7-10-5-3-4-6-11(10)8-12/h3-6,9,12H,7-8H2,1-2H3. The summed E-state index contributed by atoms with van der Waals surface area (Å²) in [7, 11) is 0. The largest absolute Gasteiger partial charge is 0.299 e. The lowest BCUT2D eigenvalue weighted by molar-refractivity contribution is -0.125. The fourth-order valence-electron chi connectivity index (χ4n) is 2.23. The molecule has 0 atom stereocenters. The Morgan fingerprint density at radius 1 is 1.21 bits per heavy atom. The lowest BCUT2D eigenvalue weighted by Gasteiger charge is -2.10. The summed E-state index contributed by atoms with van der Waals surface area (Å²) in [6.07, 6.45) is 1.90. The van der Waals surface area contributed by atoms with Crippen LogP contribution in [0.25, 0.3) is 0 Å². The molecule has 0 heterocycles. The summed E-state index contributed by atoms with van der Waals surface area (Å²) in [5.41, 5.74) is 2.73. The van der Waals surface area contributed by atoms with Crippen molar-refractivity contribution in [1.82, 2.24) is 0 Å². The molecule has 0 saturated heterocycles. The minimum atomic E-state index is 0.175. The average Bonchev–Trinajstić information content (AvgIpc) is 2.59. The lowest BCUT2D eigenvalue weighted by Crippen LogP contribution is -2.19. The van der Waals surface area contributed by atoms with Gasteiger partial charge in [0, 0.05) is 11.8 Å². The molecule has 1 nitrogen and oxygen atoms in total. The Bertz CT molecular complexity index is 327. The minimum absolute atomic E-state index is 0.175. The lowest BCUT2D eigenvalue weighted by atomic mass is 9.93. The van der Waals surface area contributed by atoms with Crippen LogP contribution in [0.1, 0.15) is 25.0 Å². The molecule has 1 aliphatic rings. The zero-order valence-corrected chi connectivity index (χ0v) is 8.79. The summed E-state index contributed by atoms with van der Waals surface area (Å²) in [6.45, 7) is 3.98. The second-order valence-electron chi connectivity index (χ2n) is 4.43. The fourth-order valence-corrected chi connectivity index (χ4v) is 2.23. The molecule has 0 aromatic heterocycles. The monoisotopic (exact) mass is 188 g/mol. The Labute approximate surface area is 85.1 Å². The zero-order valence-electron chi connectivity index (χ0n) is 8.79. The van der Waals surface area contributed by atoms with E-state index >= 15 is 0 Å². The number of carbonyl (C=O) groups excluding carboxylic acids is 1. The van der Waals surface area contributed by atoms with Gasteiger partial charge in [0.05, 0.1) is 0 Å². The summed E-state index contributed by atoms with van der Waals surface area (Å²) in [6, 6.07) is 8.40. The molecular weight excluding hydrogens is 172 g/mol. The Hall–Kier alpha value is -1.11. The predicted octanol–water partition coefficient (Wildman–Crippen LogP) is 2.63. The van der Waals surface area contributed by atoms with E-state index in [2.05, 4.69) is 24.3 Å². The molecule has 0 radical (unpaired) electrons. The highest BCUT2D eigenvalue weighted by Gasteiger charge is 2.27. The van der Waals surface area contributed by atoms with Gasteiger partial charge in [-0.2, -0.15) is 0 Å². The number of benzene rings is 1. The van der Waals surface area contributed by atoms with Crippen molar-refractivity contribution in [3.63, 3.8) is 0 Å². The van der Waals surface area contributed by atoms with E-state index in [1.54, 1.807) is 0 Å². The molecule has 0 amide bonds. The molecule has 0 unspecified atom stereocenters. The highest BCUT2D eigenvalue weighted by atomic mass is 16.1. The maximum atomic E-state index is 11.8. The number of ketones is 1. The molecule has 0 N–H and O–H groups in total. The van der Waals surface area contributed by atoms with E-state index < -0.39 is 0 Å². The van der Waals surface area contributed by atoms with Crippen LogP contribution in [0.2, 0.25) is 0 Å². The number of rotatable bonds is 2. The number of carbonyl (C=O) groups is 1. The Morgan fingerprint density at radius 3 is 2.14 bits per heavy atom. The molecular formula is C13H16O. The van der Waals surface area contributed by atoms with Crippen LogP contribution in [0.5, 0.6) is 0 Å². The molecule has 1 aromatic carbocycles. The van der Waals surface area contributed by atoms with Crippen LogP contribution in [0.3, 0.4) is 0 Å². The molecule has 1 heteroatoms. The highest BCUT2D eigenvalue weighted by molar-refractivity contribution is 5.84. The summed E-state index contributed by atoms with van der Waals surface area (Å²) in [5.74, 6) is 0.836. The third-order valence-electron chi connectivity index (χ3n) is 3.02. The van der Waals surface area contributed by atoms with Gasteiger partial charge in [0.1, 0.15) is 5.78 Å². The van der Waals surface area contributed by atoms with Crippen LogP contribution < -0.4 is 0 Å². The quantitative estimate of drug-likeness (QED) is 0.697. The van der Waals surface area contributed by atoms with E-state index in [4.69, 9.17) is 0 Å². The van der Waals surface area contributed by atoms with Crippen molar-refractivity contribution in [2.75, 3.05) is 0 Å². The zero-order chi connectivity index (χ0) is 10.1. The van der Waals surface area contributed by atoms with Gasteiger partial charge in [-0.1, -0.05) is 38.1 Å². The third-order valence-corrected chi connectivity index (χ3v) is 3.02. The first kappa shape index (κ1) is 9.45. The second kappa shape index (κ2) is 3.56.